The number of benzene rings is 1. The van der Waals surface area contributed by atoms with E-state index in [1.54, 1.807) is 14.2 Å². The number of thioether (sulfide) groups is 1. The molecule has 0 saturated carbocycles. The van der Waals surface area contributed by atoms with Gasteiger partial charge in [0, 0.05) is 17.7 Å². The third-order valence-corrected chi connectivity index (χ3v) is 8.21. The number of ether oxygens (including phenoxy) is 2. The summed E-state index contributed by atoms with van der Waals surface area (Å²) in [5.41, 5.74) is 1.04. The van der Waals surface area contributed by atoms with Gasteiger partial charge in [0.25, 0.3) is 5.91 Å². The summed E-state index contributed by atoms with van der Waals surface area (Å²) >= 11 is 1.42. The molecule has 2 fully saturated rings. The van der Waals surface area contributed by atoms with Crippen LogP contribution in [0.5, 0.6) is 11.5 Å². The molecule has 0 radical (unpaired) electrons. The normalized spacial score (nSPS) is 24.6. The van der Waals surface area contributed by atoms with E-state index in [1.807, 2.05) is 36.9 Å². The summed E-state index contributed by atoms with van der Waals surface area (Å²) in [5, 5.41) is 0.582. The highest BCUT2D eigenvalue weighted by Gasteiger charge is 2.48. The van der Waals surface area contributed by atoms with Crippen LogP contribution < -0.4 is 9.47 Å². The fraction of sp³-hybridized carbons (Fsp3) is 0.579. The van der Waals surface area contributed by atoms with Crippen LogP contribution in [-0.2, 0) is 21.1 Å². The molecule has 9 heteroatoms. The first-order valence-electron chi connectivity index (χ1n) is 9.21. The number of carbonyl (C=O) groups is 1. The predicted molar refractivity (Wildman–Crippen MR) is 111 cm³/mol. The van der Waals surface area contributed by atoms with E-state index in [2.05, 4.69) is 4.99 Å². The van der Waals surface area contributed by atoms with Crippen LogP contribution in [0.4, 0.5) is 0 Å². The van der Waals surface area contributed by atoms with Gasteiger partial charge in [-0.2, -0.15) is 4.99 Å². The van der Waals surface area contributed by atoms with Gasteiger partial charge < -0.3 is 14.4 Å². The van der Waals surface area contributed by atoms with Crippen molar-refractivity contribution in [2.24, 2.45) is 10.9 Å². The van der Waals surface area contributed by atoms with Crippen LogP contribution in [0.15, 0.2) is 23.2 Å². The van der Waals surface area contributed by atoms with Crippen molar-refractivity contribution < 1.29 is 22.7 Å². The minimum atomic E-state index is -3.05. The monoisotopic (exact) mass is 426 g/mol. The molecule has 0 aromatic heterocycles. The molecule has 0 unspecified atom stereocenters. The standard InChI is InChI=1S/C19H26N2O5S2/c1-12(2)18(22)20-19-21(14-10-28(23,24)11-17(14)27-19)8-7-13-5-6-15(25-3)16(9-13)26-4/h5-6,9,12,14,17H,7-8,10-11H2,1-4H3/t14-,17-/m0/s1. The summed E-state index contributed by atoms with van der Waals surface area (Å²) < 4.78 is 34.8. The number of carbonyl (C=O) groups excluding carboxylic acids is 1. The van der Waals surface area contributed by atoms with Crippen LogP contribution in [0.25, 0.3) is 0 Å². The Labute approximate surface area is 170 Å². The zero-order valence-corrected chi connectivity index (χ0v) is 18.2. The molecule has 2 heterocycles. The number of amides is 1. The molecule has 28 heavy (non-hydrogen) atoms. The van der Waals surface area contributed by atoms with Crippen LogP contribution in [0.1, 0.15) is 19.4 Å². The summed E-state index contributed by atoms with van der Waals surface area (Å²) in [4.78, 5) is 18.4. The second-order valence-corrected chi connectivity index (χ2v) is 10.7. The Morgan fingerprint density at radius 1 is 1.25 bits per heavy atom. The summed E-state index contributed by atoms with van der Waals surface area (Å²) in [5.74, 6) is 1.21. The Morgan fingerprint density at radius 3 is 2.61 bits per heavy atom. The Hall–Kier alpha value is -1.74. The predicted octanol–water partition coefficient (Wildman–Crippen LogP) is 2.00. The van der Waals surface area contributed by atoms with E-state index in [9.17, 15) is 13.2 Å². The number of aliphatic imine (C=N–C) groups is 1. The topological polar surface area (TPSA) is 85.3 Å². The minimum absolute atomic E-state index is 0.0610. The Balaban J connectivity index is 1.80. The number of amidine groups is 1. The Kier molecular flexibility index (Phi) is 6.24. The second kappa shape index (κ2) is 8.32. The number of methoxy groups -OCH3 is 2. The van der Waals surface area contributed by atoms with E-state index in [4.69, 9.17) is 9.47 Å². The minimum Gasteiger partial charge on any atom is -0.493 e. The van der Waals surface area contributed by atoms with Gasteiger partial charge in [0.15, 0.2) is 26.5 Å². The molecule has 0 bridgehead atoms. The van der Waals surface area contributed by atoms with Crippen LogP contribution in [0.2, 0.25) is 0 Å². The van der Waals surface area contributed by atoms with Crippen molar-refractivity contribution in [3.8, 4) is 11.5 Å². The van der Waals surface area contributed by atoms with E-state index in [0.717, 1.165) is 5.56 Å². The lowest BCUT2D eigenvalue weighted by Gasteiger charge is -2.24. The Bertz CT molecular complexity index is 882. The molecule has 2 aliphatic heterocycles. The average molecular weight is 427 g/mol. The number of hydrogen-bond acceptors (Lipinski definition) is 6. The lowest BCUT2D eigenvalue weighted by Crippen LogP contribution is -2.39. The highest BCUT2D eigenvalue weighted by molar-refractivity contribution is 8.15. The molecule has 0 aliphatic carbocycles. The molecule has 1 amide bonds. The maximum absolute atomic E-state index is 12.1. The van der Waals surface area contributed by atoms with Crippen molar-refractivity contribution in [3.63, 3.8) is 0 Å². The van der Waals surface area contributed by atoms with E-state index >= 15 is 0 Å². The van der Waals surface area contributed by atoms with Crippen molar-refractivity contribution in [2.75, 3.05) is 32.3 Å². The van der Waals surface area contributed by atoms with Gasteiger partial charge in [0.05, 0.1) is 31.8 Å². The second-order valence-electron chi connectivity index (χ2n) is 7.32. The van der Waals surface area contributed by atoms with Crippen molar-refractivity contribution in [3.05, 3.63) is 23.8 Å². The molecule has 2 saturated heterocycles. The average Bonchev–Trinajstić information content (AvgIpc) is 3.10. The summed E-state index contributed by atoms with van der Waals surface area (Å²) in [6.07, 6.45) is 0.680. The van der Waals surface area contributed by atoms with E-state index in [-0.39, 0.29) is 34.6 Å². The summed E-state index contributed by atoms with van der Waals surface area (Å²) in [6, 6.07) is 5.60. The first-order valence-corrected chi connectivity index (χ1v) is 11.9. The molecule has 2 aliphatic rings. The fourth-order valence-corrected chi connectivity index (χ4v) is 7.39. The third kappa shape index (κ3) is 4.46. The zero-order valence-electron chi connectivity index (χ0n) is 16.5. The van der Waals surface area contributed by atoms with Crippen molar-refractivity contribution in [2.45, 2.75) is 31.6 Å². The molecule has 0 N–H and O–H groups in total. The molecule has 3 rings (SSSR count). The van der Waals surface area contributed by atoms with Gasteiger partial charge in [-0.05, 0) is 24.1 Å². The zero-order chi connectivity index (χ0) is 20.5. The van der Waals surface area contributed by atoms with Crippen molar-refractivity contribution >= 4 is 32.7 Å². The summed E-state index contributed by atoms with van der Waals surface area (Å²) in [6.45, 7) is 4.21. The maximum Gasteiger partial charge on any atom is 0.250 e. The van der Waals surface area contributed by atoms with Gasteiger partial charge in [-0.1, -0.05) is 31.7 Å². The highest BCUT2D eigenvalue weighted by atomic mass is 32.2. The fourth-order valence-electron chi connectivity index (χ4n) is 3.41. The van der Waals surface area contributed by atoms with E-state index in [1.165, 1.54) is 11.8 Å². The summed E-state index contributed by atoms with van der Waals surface area (Å²) in [7, 11) is 0.135. The first kappa shape index (κ1) is 21.0. The first-order chi connectivity index (χ1) is 13.2. The number of hydrogen-bond donors (Lipinski definition) is 0. The number of nitrogens with zero attached hydrogens (tertiary/aromatic N) is 2. The van der Waals surface area contributed by atoms with Gasteiger partial charge in [-0.25, -0.2) is 8.42 Å². The molecular formula is C19H26N2O5S2. The quantitative estimate of drug-likeness (QED) is 0.688. The Morgan fingerprint density at radius 2 is 1.96 bits per heavy atom. The molecule has 2 atom stereocenters. The highest BCUT2D eigenvalue weighted by Crippen LogP contribution is 2.38. The van der Waals surface area contributed by atoms with E-state index < -0.39 is 9.84 Å². The van der Waals surface area contributed by atoms with Crippen LogP contribution in [-0.4, -0.2) is 68.0 Å². The molecular weight excluding hydrogens is 400 g/mol. The van der Waals surface area contributed by atoms with Gasteiger partial charge in [-0.3, -0.25) is 4.79 Å². The van der Waals surface area contributed by atoms with Gasteiger partial charge in [0.1, 0.15) is 0 Å². The smallest absolute Gasteiger partial charge is 0.250 e. The van der Waals surface area contributed by atoms with Crippen LogP contribution in [0.3, 0.4) is 0 Å². The molecule has 1 aromatic rings. The van der Waals surface area contributed by atoms with E-state index in [0.29, 0.717) is 29.6 Å². The number of rotatable bonds is 6. The van der Waals surface area contributed by atoms with Gasteiger partial charge in [0.2, 0.25) is 0 Å². The van der Waals surface area contributed by atoms with Gasteiger partial charge in [-0.15, -0.1) is 0 Å². The lowest BCUT2D eigenvalue weighted by atomic mass is 10.1. The number of fused-ring (bicyclic) bond motifs is 1. The number of sulfone groups is 1. The maximum atomic E-state index is 12.1. The molecule has 1 aromatic carbocycles. The van der Waals surface area contributed by atoms with Crippen molar-refractivity contribution in [1.29, 1.82) is 0 Å². The van der Waals surface area contributed by atoms with Crippen LogP contribution >= 0.6 is 11.8 Å². The third-order valence-electron chi connectivity index (χ3n) is 4.96. The van der Waals surface area contributed by atoms with Crippen molar-refractivity contribution in [1.82, 2.24) is 4.90 Å². The SMILES string of the molecule is COc1ccc(CCN2C(=NC(=O)C(C)C)S[C@H]3CS(=O)(=O)C[C@@H]32)cc1OC. The molecule has 0 spiro atoms. The largest absolute Gasteiger partial charge is 0.493 e. The lowest BCUT2D eigenvalue weighted by molar-refractivity contribution is -0.120. The molecule has 154 valence electrons. The van der Waals surface area contributed by atoms with Crippen LogP contribution in [0, 0.1) is 5.92 Å². The molecule has 7 nitrogen and oxygen atoms in total. The van der Waals surface area contributed by atoms with Gasteiger partial charge >= 0.3 is 0 Å².